The van der Waals surface area contributed by atoms with Crippen LogP contribution in [0.5, 0.6) is 0 Å². The summed E-state index contributed by atoms with van der Waals surface area (Å²) in [5.74, 6) is -1.19. The summed E-state index contributed by atoms with van der Waals surface area (Å²) in [6, 6.07) is 6.86. The molecular formula is C16H18N2O5. The highest BCUT2D eigenvalue weighted by Crippen LogP contribution is 2.22. The van der Waals surface area contributed by atoms with E-state index in [4.69, 9.17) is 9.84 Å². The second-order valence-electron chi connectivity index (χ2n) is 5.64. The van der Waals surface area contributed by atoms with Gasteiger partial charge >= 0.3 is 5.97 Å². The Morgan fingerprint density at radius 1 is 1.17 bits per heavy atom. The van der Waals surface area contributed by atoms with Gasteiger partial charge in [0.15, 0.2) is 6.10 Å². The molecule has 2 aliphatic rings. The van der Waals surface area contributed by atoms with Crippen LogP contribution in [0.4, 0.5) is 5.69 Å². The van der Waals surface area contributed by atoms with Crippen LogP contribution < -0.4 is 4.90 Å². The molecule has 2 saturated heterocycles. The van der Waals surface area contributed by atoms with Crippen molar-refractivity contribution in [3.05, 3.63) is 29.8 Å². The maximum atomic E-state index is 12.5. The zero-order valence-corrected chi connectivity index (χ0v) is 12.6. The first-order chi connectivity index (χ1) is 11.1. The van der Waals surface area contributed by atoms with Gasteiger partial charge in [-0.15, -0.1) is 0 Å². The van der Waals surface area contributed by atoms with Crippen LogP contribution in [-0.2, 0) is 14.3 Å². The molecule has 0 aromatic heterocycles. The molecule has 2 fully saturated rings. The molecule has 3 rings (SSSR count). The minimum absolute atomic E-state index is 0.0422. The SMILES string of the molecule is O=C(O)[C@@H]1CN(C(=O)c2ccc(N3CCCC3=O)cc2)CCO1. The van der Waals surface area contributed by atoms with Gasteiger partial charge in [0, 0.05) is 30.8 Å². The summed E-state index contributed by atoms with van der Waals surface area (Å²) in [4.78, 5) is 38.4. The van der Waals surface area contributed by atoms with E-state index in [1.807, 2.05) is 0 Å². The highest BCUT2D eigenvalue weighted by Gasteiger charge is 2.29. The number of carboxylic acid groups (broad SMARTS) is 1. The Balaban J connectivity index is 1.70. The Hall–Kier alpha value is -2.41. The number of hydrogen-bond donors (Lipinski definition) is 1. The van der Waals surface area contributed by atoms with Gasteiger partial charge in [0.05, 0.1) is 13.2 Å². The number of benzene rings is 1. The molecule has 1 aromatic carbocycles. The molecule has 1 atom stereocenters. The minimum atomic E-state index is -1.06. The highest BCUT2D eigenvalue weighted by atomic mass is 16.5. The predicted octanol–water partition coefficient (Wildman–Crippen LogP) is 0.739. The summed E-state index contributed by atoms with van der Waals surface area (Å²) >= 11 is 0. The van der Waals surface area contributed by atoms with E-state index in [1.165, 1.54) is 4.90 Å². The molecule has 0 unspecified atom stereocenters. The molecule has 0 aliphatic carbocycles. The first-order valence-corrected chi connectivity index (χ1v) is 7.60. The lowest BCUT2D eigenvalue weighted by Gasteiger charge is -2.31. The van der Waals surface area contributed by atoms with Gasteiger partial charge < -0.3 is 19.6 Å². The van der Waals surface area contributed by atoms with Crippen LogP contribution in [0.3, 0.4) is 0 Å². The van der Waals surface area contributed by atoms with Crippen molar-refractivity contribution in [3.63, 3.8) is 0 Å². The van der Waals surface area contributed by atoms with Crippen LogP contribution in [0.1, 0.15) is 23.2 Å². The molecule has 1 N–H and O–H groups in total. The van der Waals surface area contributed by atoms with Crippen LogP contribution in [0.15, 0.2) is 24.3 Å². The molecule has 122 valence electrons. The first-order valence-electron chi connectivity index (χ1n) is 7.60. The Kier molecular flexibility index (Phi) is 4.29. The summed E-state index contributed by atoms with van der Waals surface area (Å²) in [6.45, 7) is 1.33. The van der Waals surface area contributed by atoms with E-state index in [-0.39, 0.29) is 25.0 Å². The molecule has 23 heavy (non-hydrogen) atoms. The summed E-state index contributed by atoms with van der Waals surface area (Å²) in [5, 5.41) is 8.99. The largest absolute Gasteiger partial charge is 0.479 e. The molecule has 7 nitrogen and oxygen atoms in total. The van der Waals surface area contributed by atoms with Gasteiger partial charge in [0.1, 0.15) is 0 Å². The topological polar surface area (TPSA) is 87.2 Å². The van der Waals surface area contributed by atoms with E-state index in [9.17, 15) is 14.4 Å². The number of carbonyl (C=O) groups is 3. The summed E-state index contributed by atoms with van der Waals surface area (Å²) in [5.41, 5.74) is 1.26. The fourth-order valence-corrected chi connectivity index (χ4v) is 2.87. The van der Waals surface area contributed by atoms with Crippen molar-refractivity contribution in [2.45, 2.75) is 18.9 Å². The third kappa shape index (κ3) is 3.19. The first kappa shape index (κ1) is 15.5. The second kappa shape index (κ2) is 6.37. The molecule has 1 aromatic rings. The van der Waals surface area contributed by atoms with Crippen LogP contribution >= 0.6 is 0 Å². The maximum Gasteiger partial charge on any atom is 0.334 e. The van der Waals surface area contributed by atoms with E-state index in [0.29, 0.717) is 25.1 Å². The maximum absolute atomic E-state index is 12.5. The Labute approximate surface area is 133 Å². The number of carboxylic acids is 1. The van der Waals surface area contributed by atoms with Crippen LogP contribution in [0.25, 0.3) is 0 Å². The van der Waals surface area contributed by atoms with Gasteiger partial charge in [0.2, 0.25) is 5.91 Å². The van der Waals surface area contributed by atoms with Gasteiger partial charge in [-0.25, -0.2) is 4.79 Å². The molecule has 2 aliphatic heterocycles. The van der Waals surface area contributed by atoms with E-state index < -0.39 is 12.1 Å². The number of amides is 2. The fourth-order valence-electron chi connectivity index (χ4n) is 2.87. The van der Waals surface area contributed by atoms with Crippen molar-refractivity contribution in [1.29, 1.82) is 0 Å². The zero-order chi connectivity index (χ0) is 16.4. The average molecular weight is 318 g/mol. The number of morpholine rings is 1. The number of anilines is 1. The van der Waals surface area contributed by atoms with Crippen molar-refractivity contribution in [1.82, 2.24) is 4.90 Å². The predicted molar refractivity (Wildman–Crippen MR) is 81.3 cm³/mol. The number of hydrogen-bond acceptors (Lipinski definition) is 4. The van der Waals surface area contributed by atoms with E-state index in [0.717, 1.165) is 12.1 Å². The average Bonchev–Trinajstić information content (AvgIpc) is 3.00. The van der Waals surface area contributed by atoms with Crippen LogP contribution in [0, 0.1) is 0 Å². The lowest BCUT2D eigenvalue weighted by molar-refractivity contribution is -0.154. The van der Waals surface area contributed by atoms with Crippen LogP contribution in [-0.4, -0.2) is 60.1 Å². The molecule has 0 spiro atoms. The van der Waals surface area contributed by atoms with Crippen molar-refractivity contribution in [2.75, 3.05) is 31.1 Å². The van der Waals surface area contributed by atoms with Crippen molar-refractivity contribution >= 4 is 23.5 Å². The molecule has 2 heterocycles. The van der Waals surface area contributed by atoms with Crippen molar-refractivity contribution in [2.24, 2.45) is 0 Å². The van der Waals surface area contributed by atoms with Crippen molar-refractivity contribution in [3.8, 4) is 0 Å². The monoisotopic (exact) mass is 318 g/mol. The van der Waals surface area contributed by atoms with Gasteiger partial charge in [0.25, 0.3) is 5.91 Å². The number of nitrogens with zero attached hydrogens (tertiary/aromatic N) is 2. The second-order valence-corrected chi connectivity index (χ2v) is 5.64. The van der Waals surface area contributed by atoms with Gasteiger partial charge in [-0.3, -0.25) is 9.59 Å². The Morgan fingerprint density at radius 3 is 2.52 bits per heavy atom. The normalized spacial score (nSPS) is 21.6. The smallest absolute Gasteiger partial charge is 0.334 e. The Morgan fingerprint density at radius 2 is 1.91 bits per heavy atom. The quantitative estimate of drug-likeness (QED) is 0.888. The summed E-state index contributed by atoms with van der Waals surface area (Å²) in [6.07, 6.45) is 0.434. The van der Waals surface area contributed by atoms with Crippen LogP contribution in [0.2, 0.25) is 0 Å². The minimum Gasteiger partial charge on any atom is -0.479 e. The zero-order valence-electron chi connectivity index (χ0n) is 12.6. The fraction of sp³-hybridized carbons (Fsp3) is 0.438. The highest BCUT2D eigenvalue weighted by molar-refractivity contribution is 5.97. The molecule has 7 heteroatoms. The number of aliphatic carboxylic acids is 1. The lowest BCUT2D eigenvalue weighted by atomic mass is 10.1. The van der Waals surface area contributed by atoms with E-state index in [1.54, 1.807) is 29.2 Å². The van der Waals surface area contributed by atoms with Crippen molar-refractivity contribution < 1.29 is 24.2 Å². The third-order valence-corrected chi connectivity index (χ3v) is 4.13. The number of rotatable bonds is 3. The molecule has 0 saturated carbocycles. The molecule has 0 radical (unpaired) electrons. The van der Waals surface area contributed by atoms with Gasteiger partial charge in [-0.1, -0.05) is 0 Å². The van der Waals surface area contributed by atoms with Gasteiger partial charge in [-0.05, 0) is 30.7 Å². The van der Waals surface area contributed by atoms with Gasteiger partial charge in [-0.2, -0.15) is 0 Å². The molecular weight excluding hydrogens is 300 g/mol. The number of carbonyl (C=O) groups excluding carboxylic acids is 2. The summed E-state index contributed by atoms with van der Waals surface area (Å²) < 4.78 is 5.12. The summed E-state index contributed by atoms with van der Waals surface area (Å²) in [7, 11) is 0. The molecule has 0 bridgehead atoms. The Bertz CT molecular complexity index is 628. The standard InChI is InChI=1S/C16H18N2O5/c19-14-2-1-7-18(14)12-5-3-11(4-6-12)15(20)17-8-9-23-13(10-17)16(21)22/h3-6,13H,1-2,7-10H2,(H,21,22)/t13-/m0/s1. The third-order valence-electron chi connectivity index (χ3n) is 4.13. The lowest BCUT2D eigenvalue weighted by Crippen LogP contribution is -2.48. The van der Waals surface area contributed by atoms with E-state index in [2.05, 4.69) is 0 Å². The van der Waals surface area contributed by atoms with E-state index >= 15 is 0 Å². The number of ether oxygens (including phenoxy) is 1. The molecule has 2 amide bonds.